The number of rotatable bonds is 7. The first-order valence-corrected chi connectivity index (χ1v) is 23.4. The predicted molar refractivity (Wildman–Crippen MR) is 279 cm³/mol. The normalized spacial score (nSPS) is 13.8. The molecule has 0 atom stereocenters. The van der Waals surface area contributed by atoms with Gasteiger partial charge in [-0.25, -0.2) is 15.0 Å². The van der Waals surface area contributed by atoms with Crippen LogP contribution in [0.25, 0.3) is 89.5 Å². The van der Waals surface area contributed by atoms with Gasteiger partial charge < -0.3 is 9.32 Å². The maximum Gasteiger partial charge on any atom is 0.164 e. The molecule has 0 N–H and O–H groups in total. The standard InChI is InChI=1S/C63H46N4O/c1-62(2)51-25-13-11-21-45(51)47-35-34-44(38-53(47)62)67(54-27-15-23-48-46-22-12-14-26-52(46)63(3,4)58(48)54)43-32-29-39(30-33-43)42-31-36-55-50(37-42)57-49(24-16-28-56(57)68-55)61-65-59(40-17-7-5-8-18-40)64-60(66-61)41-19-9-6-10-20-41/h5-38H,1-4H3. The van der Waals surface area contributed by atoms with Crippen LogP contribution in [0.2, 0.25) is 0 Å². The van der Waals surface area contributed by atoms with Crippen molar-refractivity contribution < 1.29 is 4.42 Å². The molecular weight excluding hydrogens is 829 g/mol. The van der Waals surface area contributed by atoms with Crippen molar-refractivity contribution >= 4 is 39.0 Å². The third kappa shape index (κ3) is 6.12. The second-order valence-electron chi connectivity index (χ2n) is 19.2. The first-order valence-electron chi connectivity index (χ1n) is 23.4. The van der Waals surface area contributed by atoms with E-state index in [9.17, 15) is 0 Å². The SMILES string of the molecule is CC1(C)c2ccccc2-c2ccc(N(c3ccc(-c4ccc5oc6cccc(-c7nc(-c8ccccc8)nc(-c8ccccc8)n7)c6c5c4)cc3)c3cccc4c3C(C)(C)c3ccccc3-4)cc21. The zero-order valence-corrected chi connectivity index (χ0v) is 38.3. The molecule has 2 heterocycles. The molecule has 0 saturated heterocycles. The Bertz CT molecular complexity index is 3740. The topological polar surface area (TPSA) is 55.1 Å². The number of aromatic nitrogens is 3. The first-order chi connectivity index (χ1) is 33.2. The lowest BCUT2D eigenvalue weighted by atomic mass is 9.81. The van der Waals surface area contributed by atoms with Crippen LogP contribution in [0, 0.1) is 0 Å². The average Bonchev–Trinajstić information content (AvgIpc) is 3.96. The number of benzene rings is 9. The lowest BCUT2D eigenvalue weighted by molar-refractivity contribution is 0.658. The van der Waals surface area contributed by atoms with Crippen molar-refractivity contribution in [3.8, 4) is 67.5 Å². The molecule has 0 radical (unpaired) electrons. The average molecular weight is 875 g/mol. The highest BCUT2D eigenvalue weighted by molar-refractivity contribution is 6.13. The number of nitrogens with zero attached hydrogens (tertiary/aromatic N) is 4. The van der Waals surface area contributed by atoms with E-state index in [0.717, 1.165) is 61.1 Å². The fraction of sp³-hybridized carbons (Fsp3) is 0.0952. The van der Waals surface area contributed by atoms with E-state index in [2.05, 4.69) is 166 Å². The summed E-state index contributed by atoms with van der Waals surface area (Å²) in [6.45, 7) is 9.46. The summed E-state index contributed by atoms with van der Waals surface area (Å²) >= 11 is 0. The van der Waals surface area contributed by atoms with E-state index in [1.165, 1.54) is 50.2 Å². The van der Waals surface area contributed by atoms with Crippen LogP contribution in [0.4, 0.5) is 17.1 Å². The van der Waals surface area contributed by atoms with Gasteiger partial charge in [0.05, 0.1) is 5.69 Å². The summed E-state index contributed by atoms with van der Waals surface area (Å²) in [5.41, 5.74) is 20.3. The molecule has 0 amide bonds. The Hall–Kier alpha value is -8.41. The van der Waals surface area contributed by atoms with E-state index in [1.807, 2.05) is 72.8 Å². The summed E-state index contributed by atoms with van der Waals surface area (Å²) < 4.78 is 6.55. The Morgan fingerprint density at radius 3 is 1.62 bits per heavy atom. The van der Waals surface area contributed by atoms with E-state index in [4.69, 9.17) is 19.4 Å². The largest absolute Gasteiger partial charge is 0.456 e. The van der Waals surface area contributed by atoms with Crippen molar-refractivity contribution in [2.75, 3.05) is 4.90 Å². The van der Waals surface area contributed by atoms with Gasteiger partial charge in [0.2, 0.25) is 0 Å². The second kappa shape index (κ2) is 15.1. The van der Waals surface area contributed by atoms with Crippen molar-refractivity contribution in [1.29, 1.82) is 0 Å². The molecule has 2 aliphatic rings. The zero-order chi connectivity index (χ0) is 45.7. The minimum absolute atomic E-state index is 0.140. The lowest BCUT2D eigenvalue weighted by Crippen LogP contribution is -2.21. The monoisotopic (exact) mass is 874 g/mol. The maximum absolute atomic E-state index is 6.55. The number of fused-ring (bicyclic) bond motifs is 9. The predicted octanol–water partition coefficient (Wildman–Crippen LogP) is 16.5. The van der Waals surface area contributed by atoms with Gasteiger partial charge in [-0.3, -0.25) is 0 Å². The fourth-order valence-electron chi connectivity index (χ4n) is 11.2. The van der Waals surface area contributed by atoms with Crippen molar-refractivity contribution in [2.45, 2.75) is 38.5 Å². The maximum atomic E-state index is 6.55. The molecule has 2 aliphatic carbocycles. The van der Waals surface area contributed by atoms with E-state index < -0.39 is 0 Å². The van der Waals surface area contributed by atoms with E-state index >= 15 is 0 Å². The molecular formula is C63H46N4O. The third-order valence-corrected chi connectivity index (χ3v) is 14.5. The van der Waals surface area contributed by atoms with E-state index in [-0.39, 0.29) is 10.8 Å². The highest BCUT2D eigenvalue weighted by Gasteiger charge is 2.40. The van der Waals surface area contributed by atoms with Crippen LogP contribution in [0.3, 0.4) is 0 Å². The Morgan fingerprint density at radius 1 is 0.368 bits per heavy atom. The first kappa shape index (κ1) is 39.9. The van der Waals surface area contributed by atoms with Crippen molar-refractivity contribution in [3.63, 3.8) is 0 Å². The fourth-order valence-corrected chi connectivity index (χ4v) is 11.2. The van der Waals surface area contributed by atoms with Gasteiger partial charge in [0, 0.05) is 49.7 Å². The number of hydrogen-bond donors (Lipinski definition) is 0. The van der Waals surface area contributed by atoms with E-state index in [1.54, 1.807) is 0 Å². The van der Waals surface area contributed by atoms with Gasteiger partial charge in [-0.05, 0) is 104 Å². The lowest BCUT2D eigenvalue weighted by Gasteiger charge is -2.33. The summed E-state index contributed by atoms with van der Waals surface area (Å²) in [5.74, 6) is 1.84. The zero-order valence-electron chi connectivity index (χ0n) is 38.3. The van der Waals surface area contributed by atoms with Crippen LogP contribution in [0.15, 0.2) is 211 Å². The Balaban J connectivity index is 0.941. The van der Waals surface area contributed by atoms with Crippen LogP contribution in [-0.4, -0.2) is 15.0 Å². The Labute approximate surface area is 396 Å². The minimum Gasteiger partial charge on any atom is -0.456 e. The highest BCUT2D eigenvalue weighted by atomic mass is 16.3. The molecule has 13 rings (SSSR count). The molecule has 5 nitrogen and oxygen atoms in total. The summed E-state index contributed by atoms with van der Waals surface area (Å²) in [4.78, 5) is 17.6. The van der Waals surface area contributed by atoms with Crippen molar-refractivity contribution in [3.05, 3.63) is 229 Å². The van der Waals surface area contributed by atoms with Crippen LogP contribution < -0.4 is 4.90 Å². The van der Waals surface area contributed by atoms with Gasteiger partial charge in [0.1, 0.15) is 11.2 Å². The summed E-state index contributed by atoms with van der Waals surface area (Å²) in [6.07, 6.45) is 0. The molecule has 0 spiro atoms. The Morgan fingerprint density at radius 2 is 0.912 bits per heavy atom. The van der Waals surface area contributed by atoms with Crippen molar-refractivity contribution in [2.24, 2.45) is 0 Å². The molecule has 0 fully saturated rings. The molecule has 0 unspecified atom stereocenters. The smallest absolute Gasteiger partial charge is 0.164 e. The quantitative estimate of drug-likeness (QED) is 0.160. The summed E-state index contributed by atoms with van der Waals surface area (Å²) in [7, 11) is 0. The highest BCUT2D eigenvalue weighted by Crippen LogP contribution is 2.56. The second-order valence-corrected chi connectivity index (χ2v) is 19.2. The van der Waals surface area contributed by atoms with Crippen LogP contribution in [-0.2, 0) is 10.8 Å². The minimum atomic E-state index is -0.206. The molecule has 5 heteroatoms. The Kier molecular flexibility index (Phi) is 8.84. The van der Waals surface area contributed by atoms with Gasteiger partial charge in [-0.2, -0.15) is 0 Å². The van der Waals surface area contributed by atoms with Crippen LogP contribution >= 0.6 is 0 Å². The van der Waals surface area contributed by atoms with Gasteiger partial charge in [-0.1, -0.05) is 185 Å². The van der Waals surface area contributed by atoms with Crippen LogP contribution in [0.5, 0.6) is 0 Å². The van der Waals surface area contributed by atoms with Gasteiger partial charge in [0.25, 0.3) is 0 Å². The summed E-state index contributed by atoms with van der Waals surface area (Å²) in [6, 6.07) is 73.6. The molecule has 68 heavy (non-hydrogen) atoms. The molecule has 0 bridgehead atoms. The van der Waals surface area contributed by atoms with Gasteiger partial charge >= 0.3 is 0 Å². The molecule has 2 aromatic heterocycles. The molecule has 11 aromatic rings. The van der Waals surface area contributed by atoms with Crippen LogP contribution in [0.1, 0.15) is 49.9 Å². The number of anilines is 3. The van der Waals surface area contributed by atoms with Gasteiger partial charge in [0.15, 0.2) is 17.5 Å². The third-order valence-electron chi connectivity index (χ3n) is 14.5. The molecule has 0 saturated carbocycles. The molecule has 324 valence electrons. The molecule has 9 aromatic carbocycles. The summed E-state index contributed by atoms with van der Waals surface area (Å²) in [5, 5.41) is 1.98. The number of hydrogen-bond acceptors (Lipinski definition) is 5. The number of furan rings is 1. The van der Waals surface area contributed by atoms with Gasteiger partial charge in [-0.15, -0.1) is 0 Å². The molecule has 0 aliphatic heterocycles. The van der Waals surface area contributed by atoms with Crippen molar-refractivity contribution in [1.82, 2.24) is 15.0 Å². The van der Waals surface area contributed by atoms with E-state index in [0.29, 0.717) is 17.5 Å².